The first-order valence-corrected chi connectivity index (χ1v) is 7.51. The molecule has 4 heteroatoms. The summed E-state index contributed by atoms with van der Waals surface area (Å²) in [6.07, 6.45) is 3.68. The molecule has 0 saturated heterocycles. The van der Waals surface area contributed by atoms with E-state index >= 15 is 0 Å². The minimum Gasteiger partial charge on any atom is -0.346 e. The molecule has 4 nitrogen and oxygen atoms in total. The third-order valence-corrected chi connectivity index (χ3v) is 4.19. The fourth-order valence-electron chi connectivity index (χ4n) is 3.24. The fourth-order valence-corrected chi connectivity index (χ4v) is 3.24. The molecular formula is C20H12N4. The fraction of sp³-hybridized carbons (Fsp3) is 0. The summed E-state index contributed by atoms with van der Waals surface area (Å²) < 4.78 is 0. The van der Waals surface area contributed by atoms with Crippen LogP contribution >= 0.6 is 0 Å². The molecular weight excluding hydrogens is 296 g/mol. The lowest BCUT2D eigenvalue weighted by molar-refractivity contribution is 1.14. The van der Waals surface area contributed by atoms with Gasteiger partial charge in [0.2, 0.25) is 0 Å². The smallest absolute Gasteiger partial charge is 0.138 e. The number of nitrogens with one attached hydrogen (secondary N) is 2. The van der Waals surface area contributed by atoms with E-state index in [1.54, 1.807) is 0 Å². The van der Waals surface area contributed by atoms with Crippen LogP contribution in [0.25, 0.3) is 32.9 Å². The highest BCUT2D eigenvalue weighted by Crippen LogP contribution is 2.16. The summed E-state index contributed by atoms with van der Waals surface area (Å²) in [6, 6.07) is 19.8. The second kappa shape index (κ2) is 5.46. The van der Waals surface area contributed by atoms with Crippen LogP contribution in [0, 0.1) is 22.7 Å². The lowest BCUT2D eigenvalue weighted by Gasteiger charge is -2.10. The maximum absolute atomic E-state index is 9.43. The Kier molecular flexibility index (Phi) is 3.16. The summed E-state index contributed by atoms with van der Waals surface area (Å²) in [6.45, 7) is 0. The van der Waals surface area contributed by atoms with Gasteiger partial charge in [0, 0.05) is 22.8 Å². The van der Waals surface area contributed by atoms with E-state index in [0.717, 1.165) is 32.6 Å². The van der Waals surface area contributed by atoms with E-state index in [-0.39, 0.29) is 5.57 Å². The Morgan fingerprint density at radius 2 is 1.17 bits per heavy atom. The molecule has 2 N–H and O–H groups in total. The standard InChI is InChI=1S/C20H12N4/c21-11-13(12-22)18-14-5-1-3-7-16(14)19(20-23-9-10-24-20)17-8-4-2-6-15(17)18/h1-10,23-24H. The van der Waals surface area contributed by atoms with Crippen molar-refractivity contribution < 1.29 is 0 Å². The van der Waals surface area contributed by atoms with Crippen LogP contribution in [0.3, 0.4) is 0 Å². The van der Waals surface area contributed by atoms with Crippen molar-refractivity contribution in [3.63, 3.8) is 0 Å². The van der Waals surface area contributed by atoms with E-state index in [9.17, 15) is 10.5 Å². The van der Waals surface area contributed by atoms with E-state index in [4.69, 9.17) is 0 Å². The Balaban J connectivity index is 2.45. The van der Waals surface area contributed by atoms with E-state index in [1.165, 1.54) is 0 Å². The third kappa shape index (κ3) is 1.91. The van der Waals surface area contributed by atoms with Crippen molar-refractivity contribution in [1.82, 2.24) is 10.6 Å². The topological polar surface area (TPSA) is 71.6 Å². The predicted molar refractivity (Wildman–Crippen MR) is 94.2 cm³/mol. The van der Waals surface area contributed by atoms with Crippen molar-refractivity contribution in [3.05, 3.63) is 71.4 Å². The minimum absolute atomic E-state index is 0.129. The summed E-state index contributed by atoms with van der Waals surface area (Å²) in [5.41, 5.74) is 0.129. The van der Waals surface area contributed by atoms with Crippen molar-refractivity contribution in [2.24, 2.45) is 0 Å². The zero-order chi connectivity index (χ0) is 16.5. The van der Waals surface area contributed by atoms with Gasteiger partial charge in [0.15, 0.2) is 0 Å². The van der Waals surface area contributed by atoms with Gasteiger partial charge in [0.1, 0.15) is 23.5 Å². The summed E-state index contributed by atoms with van der Waals surface area (Å²) in [5.74, 6) is 0.893. The highest BCUT2D eigenvalue weighted by atomic mass is 15.1. The molecule has 0 unspecified atom stereocenters. The SMILES string of the molecule is N#CC(C#N)=c1c2ccccc2c(=C2NC=CN2)c2ccccc12. The van der Waals surface area contributed by atoms with Gasteiger partial charge in [-0.25, -0.2) is 0 Å². The average molecular weight is 308 g/mol. The van der Waals surface area contributed by atoms with Gasteiger partial charge < -0.3 is 10.6 Å². The van der Waals surface area contributed by atoms with Crippen LogP contribution in [0.5, 0.6) is 0 Å². The van der Waals surface area contributed by atoms with Crippen LogP contribution in [0.4, 0.5) is 0 Å². The van der Waals surface area contributed by atoms with Crippen LogP contribution in [0.15, 0.2) is 60.9 Å². The van der Waals surface area contributed by atoms with Gasteiger partial charge in [0.25, 0.3) is 0 Å². The second-order valence-corrected chi connectivity index (χ2v) is 5.44. The number of nitrogens with zero attached hydrogens (tertiary/aromatic N) is 2. The van der Waals surface area contributed by atoms with Gasteiger partial charge in [-0.2, -0.15) is 10.5 Å². The number of hydrogen-bond acceptors (Lipinski definition) is 4. The molecule has 4 rings (SSSR count). The normalized spacial score (nSPS) is 12.5. The molecule has 0 fully saturated rings. The molecule has 1 heterocycles. The Morgan fingerprint density at radius 1 is 0.708 bits per heavy atom. The van der Waals surface area contributed by atoms with Gasteiger partial charge in [-0.15, -0.1) is 0 Å². The van der Waals surface area contributed by atoms with Crippen LogP contribution in [-0.2, 0) is 0 Å². The minimum atomic E-state index is 0.129. The van der Waals surface area contributed by atoms with Crippen molar-refractivity contribution in [2.45, 2.75) is 0 Å². The van der Waals surface area contributed by atoms with E-state index in [1.807, 2.05) is 73.1 Å². The lowest BCUT2D eigenvalue weighted by atomic mass is 9.95. The van der Waals surface area contributed by atoms with Crippen molar-refractivity contribution in [2.75, 3.05) is 0 Å². The molecule has 0 radical (unpaired) electrons. The molecule has 0 bridgehead atoms. The Labute approximate surface area is 138 Å². The first kappa shape index (κ1) is 13.9. The molecule has 1 aliphatic rings. The molecule has 0 saturated carbocycles. The first-order valence-electron chi connectivity index (χ1n) is 7.51. The van der Waals surface area contributed by atoms with Crippen LogP contribution in [0.1, 0.15) is 0 Å². The molecule has 24 heavy (non-hydrogen) atoms. The zero-order valence-corrected chi connectivity index (χ0v) is 12.7. The summed E-state index contributed by atoms with van der Waals surface area (Å²) in [7, 11) is 0. The number of hydrogen-bond donors (Lipinski definition) is 2. The van der Waals surface area contributed by atoms with Crippen LogP contribution < -0.4 is 21.1 Å². The molecule has 0 atom stereocenters. The summed E-state index contributed by atoms with van der Waals surface area (Å²) in [5, 5.41) is 30.8. The Morgan fingerprint density at radius 3 is 1.62 bits per heavy atom. The number of rotatable bonds is 0. The van der Waals surface area contributed by atoms with Gasteiger partial charge >= 0.3 is 0 Å². The molecule has 0 aliphatic carbocycles. The number of nitriles is 2. The maximum Gasteiger partial charge on any atom is 0.138 e. The van der Waals surface area contributed by atoms with E-state index in [2.05, 4.69) is 10.6 Å². The van der Waals surface area contributed by atoms with Crippen molar-refractivity contribution in [1.29, 1.82) is 10.5 Å². The highest BCUT2D eigenvalue weighted by Gasteiger charge is 2.12. The van der Waals surface area contributed by atoms with Gasteiger partial charge in [0.05, 0.1) is 0 Å². The summed E-state index contributed by atoms with van der Waals surface area (Å²) >= 11 is 0. The maximum atomic E-state index is 9.43. The average Bonchev–Trinajstić information content (AvgIpc) is 3.16. The van der Waals surface area contributed by atoms with E-state index < -0.39 is 0 Å². The van der Waals surface area contributed by atoms with E-state index in [0.29, 0.717) is 5.22 Å². The van der Waals surface area contributed by atoms with Gasteiger partial charge in [-0.05, 0) is 21.5 Å². The quantitative estimate of drug-likeness (QED) is 0.622. The first-order chi connectivity index (χ1) is 11.8. The molecule has 1 aliphatic heterocycles. The van der Waals surface area contributed by atoms with Gasteiger partial charge in [-0.1, -0.05) is 48.5 Å². The molecule has 112 valence electrons. The predicted octanol–water partition coefficient (Wildman–Crippen LogP) is 1.92. The van der Waals surface area contributed by atoms with Crippen LogP contribution in [0.2, 0.25) is 0 Å². The molecule has 3 aromatic carbocycles. The molecule has 0 spiro atoms. The zero-order valence-electron chi connectivity index (χ0n) is 12.7. The molecule has 0 aromatic heterocycles. The monoisotopic (exact) mass is 308 g/mol. The largest absolute Gasteiger partial charge is 0.346 e. The number of benzene rings is 3. The van der Waals surface area contributed by atoms with Crippen LogP contribution in [-0.4, -0.2) is 0 Å². The molecule has 3 aromatic rings. The Bertz CT molecular complexity index is 1130. The summed E-state index contributed by atoms with van der Waals surface area (Å²) in [4.78, 5) is 0. The Hall–Kier alpha value is -3.76. The van der Waals surface area contributed by atoms with Crippen molar-refractivity contribution in [3.8, 4) is 12.1 Å². The molecule has 0 amide bonds. The number of fused-ring (bicyclic) bond motifs is 2. The third-order valence-electron chi connectivity index (χ3n) is 4.19. The second-order valence-electron chi connectivity index (χ2n) is 5.44. The highest BCUT2D eigenvalue weighted by molar-refractivity contribution is 6.04. The van der Waals surface area contributed by atoms with Gasteiger partial charge in [-0.3, -0.25) is 0 Å². The lowest BCUT2D eigenvalue weighted by Crippen LogP contribution is -2.25. The van der Waals surface area contributed by atoms with Crippen molar-refractivity contribution >= 4 is 32.9 Å².